The van der Waals surface area contributed by atoms with Crippen LogP contribution in [0.1, 0.15) is 40.6 Å². The predicted octanol–water partition coefficient (Wildman–Crippen LogP) is 3.13. The lowest BCUT2D eigenvalue weighted by atomic mass is 10.0. The summed E-state index contributed by atoms with van der Waals surface area (Å²) in [6.45, 7) is 1.62. The lowest BCUT2D eigenvalue weighted by Gasteiger charge is -2.28. The first-order valence-corrected chi connectivity index (χ1v) is 8.25. The molecule has 0 unspecified atom stereocenters. The molecule has 2 N–H and O–H groups in total. The Bertz CT molecular complexity index is 768. The fraction of sp³-hybridized carbons (Fsp3) is 0.412. The average Bonchev–Trinajstić information content (AvgIpc) is 3.28. The number of nitrogens with one attached hydrogen (secondary N) is 2. The highest BCUT2D eigenvalue weighted by atomic mass is 19.4. The van der Waals surface area contributed by atoms with Crippen LogP contribution in [0.25, 0.3) is 0 Å². The van der Waals surface area contributed by atoms with Gasteiger partial charge < -0.3 is 5.32 Å². The Hall–Kier alpha value is -2.42. The lowest BCUT2D eigenvalue weighted by Crippen LogP contribution is -2.37. The highest BCUT2D eigenvalue weighted by molar-refractivity contribution is 5.92. The van der Waals surface area contributed by atoms with E-state index in [1.54, 1.807) is 23.3 Å². The summed E-state index contributed by atoms with van der Waals surface area (Å²) in [5.41, 5.74) is -0.994. The highest BCUT2D eigenvalue weighted by Gasteiger charge is 2.34. The molecule has 1 amide bonds. The van der Waals surface area contributed by atoms with Crippen LogP contribution < -0.4 is 5.32 Å². The molecule has 1 fully saturated rings. The second kappa shape index (κ2) is 7.45. The van der Waals surface area contributed by atoms with Crippen molar-refractivity contribution < 1.29 is 22.4 Å². The van der Waals surface area contributed by atoms with Crippen molar-refractivity contribution in [3.05, 3.63) is 53.1 Å². The van der Waals surface area contributed by atoms with E-state index in [0.29, 0.717) is 11.6 Å². The number of halogens is 4. The third-order valence-corrected chi connectivity index (χ3v) is 4.42. The fourth-order valence-electron chi connectivity index (χ4n) is 3.10. The number of carbonyl (C=O) groups excluding carboxylic acids is 1. The molecule has 1 aromatic heterocycles. The van der Waals surface area contributed by atoms with Crippen LogP contribution in [0.3, 0.4) is 0 Å². The zero-order chi connectivity index (χ0) is 18.7. The lowest BCUT2D eigenvalue weighted by molar-refractivity contribution is -0.141. The van der Waals surface area contributed by atoms with Gasteiger partial charge in [-0.1, -0.05) is 18.2 Å². The van der Waals surface area contributed by atoms with E-state index in [2.05, 4.69) is 15.3 Å². The van der Waals surface area contributed by atoms with Gasteiger partial charge in [-0.05, 0) is 32.0 Å². The van der Waals surface area contributed by atoms with Crippen LogP contribution in [-0.2, 0) is 6.18 Å². The summed E-state index contributed by atoms with van der Waals surface area (Å²) < 4.78 is 52.0. The van der Waals surface area contributed by atoms with Gasteiger partial charge in [0, 0.05) is 18.2 Å². The van der Waals surface area contributed by atoms with E-state index in [0.717, 1.165) is 25.9 Å². The molecule has 0 spiro atoms. The number of benzene rings is 1. The van der Waals surface area contributed by atoms with Crippen LogP contribution in [0.2, 0.25) is 0 Å². The molecule has 2 heterocycles. The number of amides is 1. The molecule has 0 aliphatic carbocycles. The van der Waals surface area contributed by atoms with E-state index in [1.165, 1.54) is 6.07 Å². The molecule has 140 valence electrons. The zero-order valence-electron chi connectivity index (χ0n) is 13.8. The largest absolute Gasteiger partial charge is 0.432 e. The van der Waals surface area contributed by atoms with Crippen LogP contribution in [0.5, 0.6) is 0 Å². The zero-order valence-corrected chi connectivity index (χ0v) is 13.8. The molecule has 0 radical (unpaired) electrons. The molecular formula is C17H18F4N4O. The van der Waals surface area contributed by atoms with Gasteiger partial charge >= 0.3 is 6.18 Å². The normalized spacial score (nSPS) is 16.6. The maximum absolute atomic E-state index is 14.2. The maximum atomic E-state index is 14.2. The molecule has 2 aromatic rings. The first-order chi connectivity index (χ1) is 12.4. The van der Waals surface area contributed by atoms with E-state index in [1.807, 2.05) is 0 Å². The smallest absolute Gasteiger partial charge is 0.349 e. The van der Waals surface area contributed by atoms with Crippen molar-refractivity contribution in [2.24, 2.45) is 0 Å². The summed E-state index contributed by atoms with van der Waals surface area (Å²) in [6.07, 6.45) is -2.64. The summed E-state index contributed by atoms with van der Waals surface area (Å²) in [6, 6.07) is 6.57. The topological polar surface area (TPSA) is 61.0 Å². The summed E-state index contributed by atoms with van der Waals surface area (Å²) in [5, 5.41) is 7.78. The van der Waals surface area contributed by atoms with E-state index < -0.39 is 17.8 Å². The molecule has 5 nitrogen and oxygen atoms in total. The quantitative estimate of drug-likeness (QED) is 0.795. The third kappa shape index (κ3) is 4.04. The van der Waals surface area contributed by atoms with E-state index in [9.17, 15) is 22.4 Å². The van der Waals surface area contributed by atoms with E-state index in [4.69, 9.17) is 0 Å². The summed E-state index contributed by atoms with van der Waals surface area (Å²) >= 11 is 0. The van der Waals surface area contributed by atoms with Gasteiger partial charge in [-0.2, -0.15) is 18.3 Å². The van der Waals surface area contributed by atoms with Crippen LogP contribution >= 0.6 is 0 Å². The monoisotopic (exact) mass is 370 g/mol. The Balaban J connectivity index is 1.72. The third-order valence-electron chi connectivity index (χ3n) is 4.42. The van der Waals surface area contributed by atoms with Crippen LogP contribution in [0, 0.1) is 5.82 Å². The fourth-order valence-corrected chi connectivity index (χ4v) is 3.10. The minimum atomic E-state index is -4.60. The van der Waals surface area contributed by atoms with Gasteiger partial charge in [0.1, 0.15) is 11.5 Å². The molecule has 3 rings (SSSR count). The Labute approximate surface area is 147 Å². The minimum absolute atomic E-state index is 0.0774. The Morgan fingerprint density at radius 1 is 1.27 bits per heavy atom. The second-order valence-corrected chi connectivity index (χ2v) is 6.16. The number of aromatic amines is 1. The van der Waals surface area contributed by atoms with Gasteiger partial charge in [-0.3, -0.25) is 14.8 Å². The summed E-state index contributed by atoms with van der Waals surface area (Å²) in [4.78, 5) is 14.2. The number of rotatable bonds is 5. The molecule has 1 aliphatic heterocycles. The Morgan fingerprint density at radius 2 is 1.96 bits per heavy atom. The maximum Gasteiger partial charge on any atom is 0.432 e. The number of aromatic nitrogens is 2. The number of carbonyl (C=O) groups is 1. The van der Waals surface area contributed by atoms with Gasteiger partial charge in [0.05, 0.1) is 6.04 Å². The number of H-pyrrole nitrogens is 1. The van der Waals surface area contributed by atoms with Gasteiger partial charge in [-0.15, -0.1) is 0 Å². The summed E-state index contributed by atoms with van der Waals surface area (Å²) in [5.74, 6) is -1.12. The minimum Gasteiger partial charge on any atom is -0.349 e. The number of hydrogen-bond donors (Lipinski definition) is 2. The van der Waals surface area contributed by atoms with Gasteiger partial charge in [0.2, 0.25) is 0 Å². The number of alkyl halides is 3. The average molecular weight is 370 g/mol. The van der Waals surface area contributed by atoms with Crippen molar-refractivity contribution in [3.8, 4) is 0 Å². The molecule has 0 saturated carbocycles. The van der Waals surface area contributed by atoms with Gasteiger partial charge in [0.25, 0.3) is 5.91 Å². The molecule has 0 bridgehead atoms. The molecule has 1 aromatic carbocycles. The second-order valence-electron chi connectivity index (χ2n) is 6.16. The van der Waals surface area contributed by atoms with Crippen LogP contribution in [0.4, 0.5) is 17.6 Å². The predicted molar refractivity (Wildman–Crippen MR) is 85.9 cm³/mol. The molecule has 1 saturated heterocycles. The molecule has 1 atom stereocenters. The van der Waals surface area contributed by atoms with Crippen molar-refractivity contribution in [3.63, 3.8) is 0 Å². The van der Waals surface area contributed by atoms with Crippen molar-refractivity contribution in [1.29, 1.82) is 0 Å². The number of hydrogen-bond acceptors (Lipinski definition) is 3. The van der Waals surface area contributed by atoms with Crippen LogP contribution in [0.15, 0.2) is 30.3 Å². The standard InChI is InChI=1S/C17H18F4N4O/c18-12-6-2-1-5-11(12)14(25-7-3-4-8-25)10-22-16(26)13-9-15(24-23-13)17(19,20)21/h1-2,5-6,9,14H,3-4,7-8,10H2,(H,22,26)(H,23,24)/t14-/m1/s1. The number of likely N-dealkylation sites (tertiary alicyclic amines) is 1. The van der Waals surface area contributed by atoms with Crippen molar-refractivity contribution in [2.45, 2.75) is 25.1 Å². The SMILES string of the molecule is O=C(NC[C@H](c1ccccc1F)N1CCCC1)c1cc(C(F)(F)F)[nH]n1. The summed E-state index contributed by atoms with van der Waals surface area (Å²) in [7, 11) is 0. The van der Waals surface area contributed by atoms with Crippen molar-refractivity contribution in [1.82, 2.24) is 20.4 Å². The molecular weight excluding hydrogens is 352 g/mol. The Kier molecular flexibility index (Phi) is 5.26. The first kappa shape index (κ1) is 18.4. The van der Waals surface area contributed by atoms with Gasteiger partial charge in [0.15, 0.2) is 5.69 Å². The highest BCUT2D eigenvalue weighted by Crippen LogP contribution is 2.28. The van der Waals surface area contributed by atoms with Crippen molar-refractivity contribution >= 4 is 5.91 Å². The van der Waals surface area contributed by atoms with Crippen LogP contribution in [-0.4, -0.2) is 40.6 Å². The Morgan fingerprint density at radius 3 is 2.58 bits per heavy atom. The number of nitrogens with zero attached hydrogens (tertiary/aromatic N) is 2. The first-order valence-electron chi connectivity index (χ1n) is 8.25. The van der Waals surface area contributed by atoms with Crippen molar-refractivity contribution in [2.75, 3.05) is 19.6 Å². The van der Waals surface area contributed by atoms with E-state index in [-0.39, 0.29) is 24.1 Å². The van der Waals surface area contributed by atoms with E-state index >= 15 is 0 Å². The molecule has 26 heavy (non-hydrogen) atoms. The molecule has 9 heteroatoms. The molecule has 1 aliphatic rings. The van der Waals surface area contributed by atoms with Gasteiger partial charge in [-0.25, -0.2) is 4.39 Å².